The minimum absolute atomic E-state index is 0.0880. The third kappa shape index (κ3) is 4.00. The third-order valence-electron chi connectivity index (χ3n) is 5.20. The lowest BCUT2D eigenvalue weighted by atomic mass is 10.1. The number of para-hydroxylation sites is 1. The summed E-state index contributed by atoms with van der Waals surface area (Å²) in [7, 11) is 0. The van der Waals surface area contributed by atoms with Gasteiger partial charge in [-0.15, -0.1) is 0 Å². The number of rotatable bonds is 5. The van der Waals surface area contributed by atoms with Crippen molar-refractivity contribution in [2.45, 2.75) is 12.7 Å². The zero-order valence-electron chi connectivity index (χ0n) is 16.9. The zero-order valence-corrected chi connectivity index (χ0v) is 17.7. The van der Waals surface area contributed by atoms with Gasteiger partial charge >= 0.3 is 6.18 Å². The normalized spacial score (nSPS) is 11.8. The van der Waals surface area contributed by atoms with Crippen LogP contribution in [0.4, 0.5) is 24.3 Å². The minimum atomic E-state index is -4.49. The lowest BCUT2D eigenvalue weighted by Crippen LogP contribution is -2.13. The number of primary amides is 1. The van der Waals surface area contributed by atoms with Gasteiger partial charge in [0.05, 0.1) is 33.4 Å². The number of hydrogen-bond acceptors (Lipinski definition) is 5. The van der Waals surface area contributed by atoms with Gasteiger partial charge in [-0.1, -0.05) is 41.7 Å². The molecule has 0 saturated carbocycles. The lowest BCUT2D eigenvalue weighted by molar-refractivity contribution is -0.138. The van der Waals surface area contributed by atoms with Crippen molar-refractivity contribution >= 4 is 49.6 Å². The average molecular weight is 467 g/mol. The van der Waals surface area contributed by atoms with Crippen molar-refractivity contribution in [1.82, 2.24) is 14.5 Å². The number of thiazole rings is 1. The van der Waals surface area contributed by atoms with Gasteiger partial charge in [-0.25, -0.2) is 9.97 Å². The number of fused-ring (bicyclic) bond motifs is 2. The first-order valence-corrected chi connectivity index (χ1v) is 10.7. The Bertz CT molecular complexity index is 1470. The van der Waals surface area contributed by atoms with E-state index in [1.165, 1.54) is 35.6 Å². The van der Waals surface area contributed by atoms with Gasteiger partial charge in [0.1, 0.15) is 0 Å². The van der Waals surface area contributed by atoms with Crippen molar-refractivity contribution < 1.29 is 18.0 Å². The van der Waals surface area contributed by atoms with Crippen LogP contribution in [-0.4, -0.2) is 20.4 Å². The van der Waals surface area contributed by atoms with Crippen LogP contribution < -0.4 is 11.1 Å². The molecule has 0 spiro atoms. The molecule has 0 aliphatic heterocycles. The first-order chi connectivity index (χ1) is 15.8. The largest absolute Gasteiger partial charge is 0.416 e. The second kappa shape index (κ2) is 7.89. The molecule has 2 aromatic heterocycles. The fourth-order valence-corrected chi connectivity index (χ4v) is 4.52. The van der Waals surface area contributed by atoms with E-state index >= 15 is 0 Å². The van der Waals surface area contributed by atoms with E-state index in [0.29, 0.717) is 22.1 Å². The molecule has 1 amide bonds. The summed E-state index contributed by atoms with van der Waals surface area (Å²) in [6.45, 7) is -0.0880. The van der Waals surface area contributed by atoms with Gasteiger partial charge in [-0.05, 0) is 42.0 Å². The number of carbonyl (C=O) groups excluding carboxylic acids is 1. The van der Waals surface area contributed by atoms with Gasteiger partial charge in [0, 0.05) is 5.56 Å². The van der Waals surface area contributed by atoms with Crippen LogP contribution >= 0.6 is 11.3 Å². The highest BCUT2D eigenvalue weighted by atomic mass is 32.1. The maximum Gasteiger partial charge on any atom is 0.416 e. The number of alkyl halides is 3. The molecule has 6 nitrogen and oxygen atoms in total. The van der Waals surface area contributed by atoms with Gasteiger partial charge in [-0.2, -0.15) is 13.2 Å². The van der Waals surface area contributed by atoms with Gasteiger partial charge in [0.2, 0.25) is 11.9 Å². The molecule has 33 heavy (non-hydrogen) atoms. The number of aromatic nitrogens is 3. The molecule has 0 saturated heterocycles. The van der Waals surface area contributed by atoms with Crippen LogP contribution in [-0.2, 0) is 12.7 Å². The molecule has 10 heteroatoms. The van der Waals surface area contributed by atoms with Crippen LogP contribution in [0.25, 0.3) is 21.3 Å². The van der Waals surface area contributed by atoms with E-state index in [4.69, 9.17) is 5.73 Å². The number of halogens is 3. The summed E-state index contributed by atoms with van der Waals surface area (Å²) in [6.07, 6.45) is -4.49. The Balaban J connectivity index is 1.63. The van der Waals surface area contributed by atoms with Crippen LogP contribution in [0.1, 0.15) is 21.5 Å². The number of anilines is 2. The van der Waals surface area contributed by atoms with E-state index in [1.54, 1.807) is 16.7 Å². The first kappa shape index (κ1) is 21.0. The van der Waals surface area contributed by atoms with Crippen molar-refractivity contribution in [1.29, 1.82) is 0 Å². The number of imidazole rings is 1. The van der Waals surface area contributed by atoms with Crippen molar-refractivity contribution in [3.63, 3.8) is 0 Å². The number of benzene rings is 3. The quantitative estimate of drug-likeness (QED) is 0.355. The number of amides is 1. The second-order valence-electron chi connectivity index (χ2n) is 7.36. The summed E-state index contributed by atoms with van der Waals surface area (Å²) < 4.78 is 43.4. The Morgan fingerprint density at radius 1 is 1.00 bits per heavy atom. The number of hydrogen-bond donors (Lipinski definition) is 2. The third-order valence-corrected chi connectivity index (χ3v) is 6.15. The topological polar surface area (TPSA) is 85.8 Å². The van der Waals surface area contributed by atoms with E-state index in [9.17, 15) is 18.0 Å². The van der Waals surface area contributed by atoms with E-state index in [-0.39, 0.29) is 17.7 Å². The molecule has 0 bridgehead atoms. The summed E-state index contributed by atoms with van der Waals surface area (Å²) in [5, 5.41) is 3.69. The standard InChI is InChI=1S/C23H16F3N5OS/c24-23(25,26)15-6-2-1-5-14(15)12-31-18-10-9-13(20(27)32)11-17(18)28-21(31)30-22-29-16-7-3-4-8-19(16)33-22/h1-11H,12H2,(H2,27,32)(H,28,29,30). The van der Waals surface area contributed by atoms with Crippen LogP contribution in [0.5, 0.6) is 0 Å². The van der Waals surface area contributed by atoms with E-state index in [2.05, 4.69) is 15.3 Å². The van der Waals surface area contributed by atoms with E-state index in [1.807, 2.05) is 24.3 Å². The molecule has 0 aliphatic rings. The highest BCUT2D eigenvalue weighted by Gasteiger charge is 2.33. The van der Waals surface area contributed by atoms with Crippen LogP contribution in [0.15, 0.2) is 66.7 Å². The summed E-state index contributed by atoms with van der Waals surface area (Å²) in [5.74, 6) is -0.308. The predicted octanol–water partition coefficient (Wildman–Crippen LogP) is 5.56. The second-order valence-corrected chi connectivity index (χ2v) is 8.39. The smallest absolute Gasteiger partial charge is 0.366 e. The summed E-state index contributed by atoms with van der Waals surface area (Å²) in [6, 6.07) is 17.7. The average Bonchev–Trinajstić information content (AvgIpc) is 3.33. The molecule has 2 heterocycles. The number of nitrogens with two attached hydrogens (primary N) is 1. The Morgan fingerprint density at radius 2 is 1.76 bits per heavy atom. The van der Waals surface area contributed by atoms with Gasteiger partial charge in [0.25, 0.3) is 0 Å². The fourth-order valence-electron chi connectivity index (χ4n) is 3.66. The zero-order chi connectivity index (χ0) is 23.2. The molecule has 5 rings (SSSR count). The minimum Gasteiger partial charge on any atom is -0.366 e. The van der Waals surface area contributed by atoms with Crippen molar-refractivity contribution in [3.05, 3.63) is 83.4 Å². The number of nitrogens with one attached hydrogen (secondary N) is 1. The number of carbonyl (C=O) groups is 1. The lowest BCUT2D eigenvalue weighted by Gasteiger charge is -2.15. The van der Waals surface area contributed by atoms with Crippen molar-refractivity contribution in [3.8, 4) is 0 Å². The molecule has 0 atom stereocenters. The predicted molar refractivity (Wildman–Crippen MR) is 122 cm³/mol. The summed E-state index contributed by atoms with van der Waals surface area (Å²) >= 11 is 1.40. The van der Waals surface area contributed by atoms with E-state index < -0.39 is 17.6 Å². The van der Waals surface area contributed by atoms with E-state index in [0.717, 1.165) is 16.3 Å². The molecule has 0 radical (unpaired) electrons. The molecular weight excluding hydrogens is 451 g/mol. The highest BCUT2D eigenvalue weighted by molar-refractivity contribution is 7.22. The Hall–Kier alpha value is -3.92. The summed E-state index contributed by atoms with van der Waals surface area (Å²) in [5.41, 5.74) is 6.80. The van der Waals surface area contributed by atoms with Crippen LogP contribution in [0.3, 0.4) is 0 Å². The van der Waals surface area contributed by atoms with Crippen molar-refractivity contribution in [2.75, 3.05) is 5.32 Å². The molecule has 166 valence electrons. The highest BCUT2D eigenvalue weighted by Crippen LogP contribution is 2.34. The first-order valence-electron chi connectivity index (χ1n) is 9.87. The van der Waals surface area contributed by atoms with Crippen LogP contribution in [0.2, 0.25) is 0 Å². The Morgan fingerprint density at radius 3 is 2.52 bits per heavy atom. The maximum absolute atomic E-state index is 13.6. The Labute approximate surface area is 189 Å². The van der Waals surface area contributed by atoms with Crippen molar-refractivity contribution in [2.24, 2.45) is 5.73 Å². The molecule has 3 N–H and O–H groups in total. The molecule has 5 aromatic rings. The number of nitrogens with zero attached hydrogens (tertiary/aromatic N) is 3. The molecule has 0 fully saturated rings. The molecule has 0 aliphatic carbocycles. The van der Waals surface area contributed by atoms with Gasteiger partial charge in [0.15, 0.2) is 5.13 Å². The Kier molecular flexibility index (Phi) is 5.01. The SMILES string of the molecule is NC(=O)c1ccc2c(c1)nc(Nc1nc3ccccc3s1)n2Cc1ccccc1C(F)(F)F. The van der Waals surface area contributed by atoms with Crippen LogP contribution in [0, 0.1) is 0 Å². The van der Waals surface area contributed by atoms with Gasteiger partial charge in [-0.3, -0.25) is 4.79 Å². The molecule has 3 aromatic carbocycles. The summed E-state index contributed by atoms with van der Waals surface area (Å²) in [4.78, 5) is 20.7. The fraction of sp³-hybridized carbons (Fsp3) is 0.0870. The van der Waals surface area contributed by atoms with Gasteiger partial charge < -0.3 is 15.6 Å². The molecular formula is C23H16F3N5OS. The maximum atomic E-state index is 13.6. The monoisotopic (exact) mass is 467 g/mol. The molecule has 0 unspecified atom stereocenters.